The average molecular weight is 289 g/mol. The summed E-state index contributed by atoms with van der Waals surface area (Å²) < 4.78 is 4.99. The van der Waals surface area contributed by atoms with Gasteiger partial charge in [0.15, 0.2) is 0 Å². The number of carbonyl (C=O) groups is 1. The summed E-state index contributed by atoms with van der Waals surface area (Å²) in [5.41, 5.74) is 0.379. The minimum absolute atomic E-state index is 0.107. The van der Waals surface area contributed by atoms with Gasteiger partial charge in [-0.1, -0.05) is 11.6 Å². The highest BCUT2D eigenvalue weighted by atomic mass is 35.5. The largest absolute Gasteiger partial charge is 0.481 e. The highest BCUT2D eigenvalue weighted by Crippen LogP contribution is 2.26. The Bertz CT molecular complexity index is 480. The molecular formula is C11H13ClN2O5. The molecule has 0 spiro atoms. The molecule has 1 atom stereocenters. The first-order valence-electron chi connectivity index (χ1n) is 5.36. The number of hydrogen-bond donors (Lipinski definition) is 2. The number of hydrogen-bond acceptors (Lipinski definition) is 5. The number of rotatable bonds is 7. The maximum absolute atomic E-state index is 10.6. The molecule has 19 heavy (non-hydrogen) atoms. The van der Waals surface area contributed by atoms with Gasteiger partial charge < -0.3 is 15.2 Å². The van der Waals surface area contributed by atoms with Gasteiger partial charge in [-0.15, -0.1) is 0 Å². The van der Waals surface area contributed by atoms with Crippen LogP contribution in [0.15, 0.2) is 18.2 Å². The molecule has 0 aliphatic rings. The Morgan fingerprint density at radius 1 is 1.63 bits per heavy atom. The zero-order valence-corrected chi connectivity index (χ0v) is 10.9. The van der Waals surface area contributed by atoms with Crippen LogP contribution in [0.1, 0.15) is 6.42 Å². The van der Waals surface area contributed by atoms with Crippen LogP contribution in [-0.4, -0.2) is 35.8 Å². The summed E-state index contributed by atoms with van der Waals surface area (Å²) in [5.74, 6) is -0.969. The third kappa shape index (κ3) is 4.72. The molecule has 0 heterocycles. The molecule has 1 rings (SSSR count). The maximum Gasteiger partial charge on any atom is 0.306 e. The number of aliphatic carboxylic acids is 1. The molecule has 1 aromatic rings. The Labute approximate surface area is 114 Å². The number of methoxy groups -OCH3 is 1. The van der Waals surface area contributed by atoms with Gasteiger partial charge >= 0.3 is 5.97 Å². The molecule has 2 N–H and O–H groups in total. The first-order valence-corrected chi connectivity index (χ1v) is 5.74. The Kier molecular flexibility index (Phi) is 5.53. The second-order valence-corrected chi connectivity index (χ2v) is 4.16. The van der Waals surface area contributed by atoms with Crippen LogP contribution in [0, 0.1) is 10.1 Å². The molecule has 0 radical (unpaired) electrons. The Hall–Kier alpha value is -1.86. The van der Waals surface area contributed by atoms with Crippen molar-refractivity contribution in [2.24, 2.45) is 0 Å². The first-order chi connectivity index (χ1) is 8.93. The average Bonchev–Trinajstić information content (AvgIpc) is 2.34. The highest BCUT2D eigenvalue weighted by Gasteiger charge is 2.14. The predicted molar refractivity (Wildman–Crippen MR) is 69.6 cm³/mol. The van der Waals surface area contributed by atoms with Gasteiger partial charge in [0.2, 0.25) is 0 Å². The van der Waals surface area contributed by atoms with Crippen molar-refractivity contribution >= 4 is 28.9 Å². The van der Waals surface area contributed by atoms with Crippen LogP contribution < -0.4 is 5.32 Å². The number of nitrogens with one attached hydrogen (secondary N) is 1. The van der Waals surface area contributed by atoms with Gasteiger partial charge in [-0.2, -0.15) is 0 Å². The molecule has 0 aliphatic heterocycles. The summed E-state index contributed by atoms with van der Waals surface area (Å²) in [6.45, 7) is 0.236. The molecule has 0 fully saturated rings. The van der Waals surface area contributed by atoms with Crippen molar-refractivity contribution in [3.63, 3.8) is 0 Å². The summed E-state index contributed by atoms with van der Waals surface area (Å²) in [4.78, 5) is 20.6. The van der Waals surface area contributed by atoms with E-state index in [9.17, 15) is 14.9 Å². The fourth-order valence-corrected chi connectivity index (χ4v) is 1.66. The number of nitro benzene ring substituents is 1. The van der Waals surface area contributed by atoms with E-state index in [-0.39, 0.29) is 23.7 Å². The van der Waals surface area contributed by atoms with Crippen LogP contribution in [0.4, 0.5) is 11.4 Å². The van der Waals surface area contributed by atoms with Gasteiger partial charge in [0, 0.05) is 25.8 Å². The number of carboxylic acids is 1. The van der Waals surface area contributed by atoms with Gasteiger partial charge in [0.05, 0.1) is 28.2 Å². The van der Waals surface area contributed by atoms with Crippen molar-refractivity contribution in [2.45, 2.75) is 12.5 Å². The Morgan fingerprint density at radius 3 is 2.79 bits per heavy atom. The molecule has 0 saturated heterocycles. The number of nitrogens with zero attached hydrogens (tertiary/aromatic N) is 1. The van der Waals surface area contributed by atoms with E-state index in [0.717, 1.165) is 0 Å². The Balaban J connectivity index is 2.67. The fourth-order valence-electron chi connectivity index (χ4n) is 1.42. The minimum atomic E-state index is -0.969. The van der Waals surface area contributed by atoms with Crippen molar-refractivity contribution < 1.29 is 19.6 Å². The fraction of sp³-hybridized carbons (Fsp3) is 0.364. The van der Waals surface area contributed by atoms with Crippen molar-refractivity contribution in [1.29, 1.82) is 0 Å². The van der Waals surface area contributed by atoms with Gasteiger partial charge in [0.1, 0.15) is 0 Å². The lowest BCUT2D eigenvalue weighted by molar-refractivity contribution is -0.384. The number of carboxylic acid groups (broad SMARTS) is 1. The van der Waals surface area contributed by atoms with Crippen molar-refractivity contribution in [3.05, 3.63) is 33.3 Å². The first kappa shape index (κ1) is 15.2. The second kappa shape index (κ2) is 6.91. The van der Waals surface area contributed by atoms with E-state index in [1.54, 1.807) is 0 Å². The number of ether oxygens (including phenoxy) is 1. The second-order valence-electron chi connectivity index (χ2n) is 3.76. The molecule has 0 amide bonds. The summed E-state index contributed by atoms with van der Waals surface area (Å²) in [6.07, 6.45) is -0.655. The molecule has 8 heteroatoms. The highest BCUT2D eigenvalue weighted by molar-refractivity contribution is 6.33. The van der Waals surface area contributed by atoms with Crippen LogP contribution >= 0.6 is 11.6 Å². The van der Waals surface area contributed by atoms with Gasteiger partial charge in [-0.25, -0.2) is 0 Å². The summed E-state index contributed by atoms with van der Waals surface area (Å²) in [5, 5.41) is 22.3. The molecule has 0 saturated carbocycles. The maximum atomic E-state index is 10.6. The lowest BCUT2D eigenvalue weighted by atomic mass is 10.2. The quantitative estimate of drug-likeness (QED) is 0.589. The van der Waals surface area contributed by atoms with Crippen LogP contribution in [0.3, 0.4) is 0 Å². The number of non-ortho nitro benzene ring substituents is 1. The van der Waals surface area contributed by atoms with E-state index in [2.05, 4.69) is 5.32 Å². The van der Waals surface area contributed by atoms with Gasteiger partial charge in [0.25, 0.3) is 5.69 Å². The number of benzene rings is 1. The molecule has 0 aliphatic carbocycles. The molecule has 0 aromatic heterocycles. The predicted octanol–water partition coefficient (Wildman–Crippen LogP) is 2.15. The lowest BCUT2D eigenvalue weighted by Crippen LogP contribution is -2.25. The summed E-state index contributed by atoms with van der Waals surface area (Å²) in [6, 6.07) is 4.00. The monoisotopic (exact) mass is 288 g/mol. The van der Waals surface area contributed by atoms with E-state index in [4.69, 9.17) is 21.4 Å². The van der Waals surface area contributed by atoms with Gasteiger partial charge in [-0.05, 0) is 6.07 Å². The lowest BCUT2D eigenvalue weighted by Gasteiger charge is -2.15. The van der Waals surface area contributed by atoms with Crippen molar-refractivity contribution in [2.75, 3.05) is 19.0 Å². The number of nitro groups is 1. The molecule has 104 valence electrons. The number of anilines is 1. The Morgan fingerprint density at radius 2 is 2.32 bits per heavy atom. The van der Waals surface area contributed by atoms with E-state index >= 15 is 0 Å². The zero-order valence-electron chi connectivity index (χ0n) is 10.1. The van der Waals surface area contributed by atoms with Crippen molar-refractivity contribution in [1.82, 2.24) is 0 Å². The van der Waals surface area contributed by atoms with Gasteiger partial charge in [-0.3, -0.25) is 14.9 Å². The zero-order chi connectivity index (χ0) is 14.4. The van der Waals surface area contributed by atoms with Crippen LogP contribution in [0.25, 0.3) is 0 Å². The number of halogens is 1. The van der Waals surface area contributed by atoms with E-state index in [1.807, 2.05) is 0 Å². The van der Waals surface area contributed by atoms with Crippen molar-refractivity contribution in [3.8, 4) is 0 Å². The van der Waals surface area contributed by atoms with E-state index in [1.165, 1.54) is 25.3 Å². The normalized spacial score (nSPS) is 11.9. The third-order valence-corrected chi connectivity index (χ3v) is 2.73. The SMILES string of the molecule is COC(CNc1ccc([N+](=O)[O-])cc1Cl)CC(=O)O. The van der Waals surface area contributed by atoms with Crippen LogP contribution in [-0.2, 0) is 9.53 Å². The standard InChI is InChI=1S/C11H13ClN2O5/c1-19-8(5-11(15)16)6-13-10-3-2-7(14(17)18)4-9(10)12/h2-4,8,13H,5-6H2,1H3,(H,15,16). The molecule has 1 unspecified atom stereocenters. The van der Waals surface area contributed by atoms with E-state index in [0.29, 0.717) is 5.69 Å². The minimum Gasteiger partial charge on any atom is -0.481 e. The third-order valence-electron chi connectivity index (χ3n) is 2.42. The molecule has 0 bridgehead atoms. The molecular weight excluding hydrogens is 276 g/mol. The van der Waals surface area contributed by atoms with Crippen LogP contribution in [0.2, 0.25) is 5.02 Å². The molecule has 7 nitrogen and oxygen atoms in total. The van der Waals surface area contributed by atoms with E-state index < -0.39 is 17.0 Å². The smallest absolute Gasteiger partial charge is 0.306 e. The topological polar surface area (TPSA) is 102 Å². The van der Waals surface area contributed by atoms with Crippen LogP contribution in [0.5, 0.6) is 0 Å². The molecule has 1 aromatic carbocycles. The summed E-state index contributed by atoms with van der Waals surface area (Å²) >= 11 is 5.88. The summed E-state index contributed by atoms with van der Waals surface area (Å²) in [7, 11) is 1.41.